The van der Waals surface area contributed by atoms with Gasteiger partial charge in [0.05, 0.1) is 6.10 Å². The van der Waals surface area contributed by atoms with Crippen LogP contribution >= 0.6 is 0 Å². The average molecular weight is 248 g/mol. The molecule has 1 amide bonds. The zero-order valence-corrected chi connectivity index (χ0v) is 10.7. The second-order valence-corrected chi connectivity index (χ2v) is 4.69. The Bertz CT molecular complexity index is 397. The van der Waals surface area contributed by atoms with E-state index in [1.54, 1.807) is 12.1 Å². The second-order valence-electron chi connectivity index (χ2n) is 4.69. The number of carbonyl (C=O) groups excluding carboxylic acids is 1. The number of hydrogen-bond acceptors (Lipinski definition) is 3. The van der Waals surface area contributed by atoms with Gasteiger partial charge in [0.15, 0.2) is 0 Å². The van der Waals surface area contributed by atoms with Gasteiger partial charge in [-0.15, -0.1) is 0 Å². The minimum atomic E-state index is -0.381. The Morgan fingerprint density at radius 3 is 2.61 bits per heavy atom. The van der Waals surface area contributed by atoms with Crippen molar-refractivity contribution in [3.63, 3.8) is 0 Å². The summed E-state index contributed by atoms with van der Waals surface area (Å²) in [5.74, 6) is -0.381. The Labute approximate surface area is 108 Å². The first-order chi connectivity index (χ1) is 8.69. The average Bonchev–Trinajstić information content (AvgIpc) is 2.32. The maximum absolute atomic E-state index is 10.9. The molecule has 0 aliphatic heterocycles. The van der Waals surface area contributed by atoms with Crippen molar-refractivity contribution in [3.05, 3.63) is 35.4 Å². The minimum Gasteiger partial charge on any atom is -0.378 e. The number of nitrogens with two attached hydrogens (primary N) is 1. The van der Waals surface area contributed by atoms with Crippen LogP contribution in [0.2, 0.25) is 0 Å². The van der Waals surface area contributed by atoms with Gasteiger partial charge in [-0.05, 0) is 37.5 Å². The van der Waals surface area contributed by atoms with E-state index in [0.29, 0.717) is 17.7 Å². The first-order valence-electron chi connectivity index (χ1n) is 6.42. The molecule has 0 spiro atoms. The van der Waals surface area contributed by atoms with Crippen molar-refractivity contribution in [2.45, 2.75) is 38.5 Å². The van der Waals surface area contributed by atoms with Crippen molar-refractivity contribution < 1.29 is 9.53 Å². The van der Waals surface area contributed by atoms with Crippen LogP contribution in [0.3, 0.4) is 0 Å². The van der Waals surface area contributed by atoms with Gasteiger partial charge in [0.25, 0.3) is 0 Å². The molecule has 0 unspecified atom stereocenters. The van der Waals surface area contributed by atoms with Gasteiger partial charge in [-0.2, -0.15) is 0 Å². The van der Waals surface area contributed by atoms with E-state index in [1.807, 2.05) is 19.1 Å². The summed E-state index contributed by atoms with van der Waals surface area (Å²) in [7, 11) is 0. The lowest BCUT2D eigenvalue weighted by atomic mass is 9.89. The number of amides is 1. The number of hydrogen-bond donors (Lipinski definition) is 2. The summed E-state index contributed by atoms with van der Waals surface area (Å²) in [5, 5.41) is 3.48. The van der Waals surface area contributed by atoms with Crippen LogP contribution < -0.4 is 11.1 Å². The minimum absolute atomic E-state index is 0.381. The third-order valence-corrected chi connectivity index (χ3v) is 3.33. The Morgan fingerprint density at radius 2 is 2.06 bits per heavy atom. The summed E-state index contributed by atoms with van der Waals surface area (Å²) in [6.07, 6.45) is 2.62. The monoisotopic (exact) mass is 248 g/mol. The molecule has 1 fully saturated rings. The van der Waals surface area contributed by atoms with E-state index in [4.69, 9.17) is 10.5 Å². The zero-order chi connectivity index (χ0) is 13.0. The number of ether oxygens (including phenoxy) is 1. The maximum atomic E-state index is 10.9. The van der Waals surface area contributed by atoms with Crippen LogP contribution in [0.15, 0.2) is 24.3 Å². The first-order valence-corrected chi connectivity index (χ1v) is 6.42. The van der Waals surface area contributed by atoms with Crippen LogP contribution in [0.1, 0.15) is 35.7 Å². The van der Waals surface area contributed by atoms with Gasteiger partial charge in [-0.25, -0.2) is 0 Å². The molecule has 1 aliphatic rings. The molecular formula is C14H20N2O2. The summed E-state index contributed by atoms with van der Waals surface area (Å²) in [6, 6.07) is 7.96. The fraction of sp³-hybridized carbons (Fsp3) is 0.500. The molecule has 0 saturated heterocycles. The fourth-order valence-corrected chi connectivity index (χ4v) is 2.15. The quantitative estimate of drug-likeness (QED) is 0.800. The maximum Gasteiger partial charge on any atom is 0.248 e. The van der Waals surface area contributed by atoms with E-state index in [0.717, 1.165) is 26.0 Å². The SMILES string of the molecule is CCOC1CC(NCc2ccc(C(N)=O)cc2)C1. The van der Waals surface area contributed by atoms with Crippen molar-refractivity contribution in [1.82, 2.24) is 5.32 Å². The van der Waals surface area contributed by atoms with Crippen LogP contribution in [0.25, 0.3) is 0 Å². The van der Waals surface area contributed by atoms with Crippen LogP contribution in [0.4, 0.5) is 0 Å². The predicted molar refractivity (Wildman–Crippen MR) is 70.2 cm³/mol. The molecule has 1 aliphatic carbocycles. The van der Waals surface area contributed by atoms with Gasteiger partial charge in [-0.1, -0.05) is 12.1 Å². The number of nitrogens with one attached hydrogen (secondary N) is 1. The fourth-order valence-electron chi connectivity index (χ4n) is 2.15. The summed E-state index contributed by atoms with van der Waals surface area (Å²) >= 11 is 0. The van der Waals surface area contributed by atoms with E-state index < -0.39 is 0 Å². The van der Waals surface area contributed by atoms with Crippen molar-refractivity contribution in [2.75, 3.05) is 6.61 Å². The molecule has 1 saturated carbocycles. The Hall–Kier alpha value is -1.39. The molecule has 4 nitrogen and oxygen atoms in total. The van der Waals surface area contributed by atoms with E-state index in [-0.39, 0.29) is 5.91 Å². The van der Waals surface area contributed by atoms with E-state index in [1.165, 1.54) is 5.56 Å². The molecular weight excluding hydrogens is 228 g/mol. The van der Waals surface area contributed by atoms with Gasteiger partial charge in [0.1, 0.15) is 0 Å². The second kappa shape index (κ2) is 5.98. The molecule has 4 heteroatoms. The standard InChI is InChI=1S/C14H20N2O2/c1-2-18-13-7-12(8-13)16-9-10-3-5-11(6-4-10)14(15)17/h3-6,12-13,16H,2,7-9H2,1H3,(H2,15,17). The smallest absolute Gasteiger partial charge is 0.248 e. The summed E-state index contributed by atoms with van der Waals surface area (Å²) in [6.45, 7) is 3.65. The lowest BCUT2D eigenvalue weighted by molar-refractivity contribution is -0.0102. The molecule has 0 heterocycles. The molecule has 0 radical (unpaired) electrons. The van der Waals surface area contributed by atoms with Crippen molar-refractivity contribution in [2.24, 2.45) is 5.73 Å². The topological polar surface area (TPSA) is 64.3 Å². The number of rotatable bonds is 6. The highest BCUT2D eigenvalue weighted by molar-refractivity contribution is 5.92. The van der Waals surface area contributed by atoms with Gasteiger partial charge in [0, 0.05) is 24.8 Å². The predicted octanol–water partition coefficient (Wildman–Crippen LogP) is 1.44. The number of primary amides is 1. The third kappa shape index (κ3) is 3.31. The van der Waals surface area contributed by atoms with Crippen LogP contribution in [0, 0.1) is 0 Å². The third-order valence-electron chi connectivity index (χ3n) is 3.33. The van der Waals surface area contributed by atoms with Crippen molar-refractivity contribution in [3.8, 4) is 0 Å². The summed E-state index contributed by atoms with van der Waals surface area (Å²) in [5.41, 5.74) is 6.91. The van der Waals surface area contributed by atoms with Gasteiger partial charge in [-0.3, -0.25) is 4.79 Å². The van der Waals surface area contributed by atoms with Gasteiger partial charge < -0.3 is 15.8 Å². The zero-order valence-electron chi connectivity index (χ0n) is 10.7. The summed E-state index contributed by atoms with van der Waals surface area (Å²) < 4.78 is 5.51. The normalized spacial score (nSPS) is 22.5. The Balaban J connectivity index is 1.73. The Kier molecular flexibility index (Phi) is 4.33. The van der Waals surface area contributed by atoms with E-state index in [2.05, 4.69) is 5.32 Å². The molecule has 98 valence electrons. The molecule has 0 bridgehead atoms. The lowest BCUT2D eigenvalue weighted by Crippen LogP contribution is -2.45. The van der Waals surface area contributed by atoms with E-state index >= 15 is 0 Å². The van der Waals surface area contributed by atoms with Crippen molar-refractivity contribution >= 4 is 5.91 Å². The van der Waals surface area contributed by atoms with Crippen LogP contribution in [-0.2, 0) is 11.3 Å². The largest absolute Gasteiger partial charge is 0.378 e. The molecule has 1 aromatic carbocycles. The van der Waals surface area contributed by atoms with E-state index in [9.17, 15) is 4.79 Å². The molecule has 18 heavy (non-hydrogen) atoms. The highest BCUT2D eigenvalue weighted by Gasteiger charge is 2.28. The first kappa shape index (κ1) is 13.1. The number of benzene rings is 1. The van der Waals surface area contributed by atoms with Gasteiger partial charge in [0.2, 0.25) is 5.91 Å². The van der Waals surface area contributed by atoms with Crippen molar-refractivity contribution in [1.29, 1.82) is 0 Å². The lowest BCUT2D eigenvalue weighted by Gasteiger charge is -2.35. The molecule has 0 aromatic heterocycles. The highest BCUT2D eigenvalue weighted by Crippen LogP contribution is 2.23. The Morgan fingerprint density at radius 1 is 1.39 bits per heavy atom. The molecule has 1 aromatic rings. The highest BCUT2D eigenvalue weighted by atomic mass is 16.5. The molecule has 2 rings (SSSR count). The van der Waals surface area contributed by atoms with Crippen LogP contribution in [0.5, 0.6) is 0 Å². The summed E-state index contributed by atoms with van der Waals surface area (Å²) in [4.78, 5) is 10.9. The molecule has 0 atom stereocenters. The molecule has 3 N–H and O–H groups in total. The van der Waals surface area contributed by atoms with Crippen LogP contribution in [-0.4, -0.2) is 24.7 Å². The number of carbonyl (C=O) groups is 1. The van der Waals surface area contributed by atoms with Gasteiger partial charge >= 0.3 is 0 Å².